The van der Waals surface area contributed by atoms with Crippen LogP contribution in [0.3, 0.4) is 0 Å². The van der Waals surface area contributed by atoms with Crippen molar-refractivity contribution in [3.63, 3.8) is 0 Å². The summed E-state index contributed by atoms with van der Waals surface area (Å²) in [5.41, 5.74) is 0. The van der Waals surface area contributed by atoms with Crippen LogP contribution in [-0.2, 0) is 19.2 Å². The minimum Gasteiger partial charge on any atom is -0.421 e. The highest BCUT2D eigenvalue weighted by Gasteiger charge is 2.11. The van der Waals surface area contributed by atoms with E-state index in [4.69, 9.17) is 0 Å². The van der Waals surface area contributed by atoms with E-state index < -0.39 is 12.8 Å². The third kappa shape index (κ3) is 9.11. The Hall–Kier alpha value is -1.46. The number of hydrogen-bond acceptors (Lipinski definition) is 5. The quantitative estimate of drug-likeness (QED) is 0.341. The van der Waals surface area contributed by atoms with Gasteiger partial charge < -0.3 is 9.53 Å². The zero-order valence-electron chi connectivity index (χ0n) is 9.73. The number of unbranched alkanes of at least 4 members (excludes halogenated alkanes) is 1. The van der Waals surface area contributed by atoms with Gasteiger partial charge in [0, 0.05) is 12.8 Å². The van der Waals surface area contributed by atoms with Crippen LogP contribution in [0.4, 0.5) is 0 Å². The molecule has 92 valence electrons. The van der Waals surface area contributed by atoms with Crippen molar-refractivity contribution in [1.82, 2.24) is 0 Å². The third-order valence-electron chi connectivity index (χ3n) is 1.79. The van der Waals surface area contributed by atoms with Crippen molar-refractivity contribution in [2.45, 2.75) is 39.5 Å². The largest absolute Gasteiger partial charge is 0.421 e. The molecule has 0 saturated carbocycles. The van der Waals surface area contributed by atoms with Crippen LogP contribution in [0, 0.1) is 4.91 Å². The third-order valence-corrected chi connectivity index (χ3v) is 1.79. The van der Waals surface area contributed by atoms with Gasteiger partial charge in [0.05, 0.1) is 11.3 Å². The minimum absolute atomic E-state index is 0.0203. The topological polar surface area (TPSA) is 72.7 Å². The summed E-state index contributed by atoms with van der Waals surface area (Å²) in [5.74, 6) is -0.620. The van der Waals surface area contributed by atoms with Crippen LogP contribution in [0.25, 0.3) is 0 Å². The average Bonchev–Trinajstić information content (AvgIpc) is 2.23. The van der Waals surface area contributed by atoms with Gasteiger partial charge in [-0.05, 0) is 13.3 Å². The lowest BCUT2D eigenvalue weighted by molar-refractivity contribution is -0.810. The molecular weight excluding hydrogens is 214 g/mol. The molecule has 0 aromatic carbocycles. The Morgan fingerprint density at radius 3 is 2.50 bits per heavy atom. The second kappa shape index (κ2) is 8.82. The monoisotopic (exact) mass is 232 g/mol. The normalized spacial score (nSPS) is 9.62. The summed E-state index contributed by atoms with van der Waals surface area (Å²) in [6.07, 6.45) is 1.78. The van der Waals surface area contributed by atoms with Crippen molar-refractivity contribution in [2.75, 3.05) is 13.3 Å². The minimum atomic E-state index is -0.543. The molecule has 0 atom stereocenters. The molecule has 6 heteroatoms. The van der Waals surface area contributed by atoms with Crippen LogP contribution in [0.2, 0.25) is 0 Å². The molecule has 0 bridgehead atoms. The van der Waals surface area contributed by atoms with E-state index in [0.29, 0.717) is 4.92 Å². The number of carbonyl (C=O) groups is 2. The Labute approximate surface area is 94.4 Å². The molecule has 0 aromatic heterocycles. The fraction of sp³-hybridized carbons (Fsp3) is 0.800. The maximum absolute atomic E-state index is 11.0. The van der Waals surface area contributed by atoms with E-state index >= 15 is 0 Å². The summed E-state index contributed by atoms with van der Waals surface area (Å²) in [5, 5.41) is 0. The molecule has 0 N–H and O–H groups in total. The highest BCUT2D eigenvalue weighted by atomic mass is 16.8. The van der Waals surface area contributed by atoms with Crippen LogP contribution in [0.15, 0.2) is 0 Å². The Balaban J connectivity index is 3.46. The standard InChI is InChI=1S/C10H18NO5/c1-3-4-7-11(14)16-8-15-10(13)6-5-9(2)12/h3-8H2,1-2H3/q+1. The summed E-state index contributed by atoms with van der Waals surface area (Å²) in [7, 11) is 0. The zero-order chi connectivity index (χ0) is 12.4. The number of rotatable bonds is 9. The molecule has 0 aromatic rings. The predicted octanol–water partition coefficient (Wildman–Crippen LogP) is 1.37. The molecule has 0 aliphatic carbocycles. The number of hydrogen-bond donors (Lipinski definition) is 0. The van der Waals surface area contributed by atoms with E-state index in [0.717, 1.165) is 12.8 Å². The first-order valence-electron chi connectivity index (χ1n) is 5.29. The summed E-state index contributed by atoms with van der Waals surface area (Å²) in [4.78, 5) is 37.4. The molecule has 0 fully saturated rings. The summed E-state index contributed by atoms with van der Waals surface area (Å²) in [6, 6.07) is 0. The second-order valence-corrected chi connectivity index (χ2v) is 3.38. The van der Waals surface area contributed by atoms with Gasteiger partial charge in [-0.2, -0.15) is 4.84 Å². The smallest absolute Gasteiger partial charge is 0.309 e. The van der Waals surface area contributed by atoms with Gasteiger partial charge in [-0.1, -0.05) is 6.92 Å². The van der Waals surface area contributed by atoms with Gasteiger partial charge in [0.2, 0.25) is 11.5 Å². The van der Waals surface area contributed by atoms with Gasteiger partial charge in [0.1, 0.15) is 5.78 Å². The molecule has 0 saturated heterocycles. The summed E-state index contributed by atoms with van der Waals surface area (Å²) in [6.45, 7) is 3.20. The van der Waals surface area contributed by atoms with Crippen LogP contribution in [0.1, 0.15) is 39.5 Å². The molecule has 0 heterocycles. The number of nitrogens with zero attached hydrogens (tertiary/aromatic N) is 1. The highest BCUT2D eigenvalue weighted by Crippen LogP contribution is 1.95. The van der Waals surface area contributed by atoms with Crippen molar-refractivity contribution in [3.8, 4) is 0 Å². The lowest BCUT2D eigenvalue weighted by atomic mass is 10.2. The Kier molecular flexibility index (Phi) is 8.01. The maximum Gasteiger partial charge on any atom is 0.309 e. The number of ether oxygens (including phenoxy) is 1. The van der Waals surface area contributed by atoms with Gasteiger partial charge in [-0.15, -0.1) is 0 Å². The predicted molar refractivity (Wildman–Crippen MR) is 55.4 cm³/mol. The van der Waals surface area contributed by atoms with Crippen LogP contribution >= 0.6 is 0 Å². The average molecular weight is 232 g/mol. The molecule has 16 heavy (non-hydrogen) atoms. The van der Waals surface area contributed by atoms with Crippen LogP contribution in [0.5, 0.6) is 0 Å². The molecule has 0 aliphatic heterocycles. The second-order valence-electron chi connectivity index (χ2n) is 3.38. The van der Waals surface area contributed by atoms with E-state index in [9.17, 15) is 14.5 Å². The van der Waals surface area contributed by atoms with Gasteiger partial charge >= 0.3 is 12.8 Å². The Bertz CT molecular complexity index is 252. The van der Waals surface area contributed by atoms with E-state index in [-0.39, 0.29) is 25.2 Å². The zero-order valence-corrected chi connectivity index (χ0v) is 9.73. The first kappa shape index (κ1) is 14.5. The fourth-order valence-corrected chi connectivity index (χ4v) is 0.853. The number of Topliss-reactive ketones (excluding diaryl/α,β-unsaturated/α-hetero) is 1. The van der Waals surface area contributed by atoms with Crippen molar-refractivity contribution >= 4 is 11.8 Å². The molecule has 0 spiro atoms. The van der Waals surface area contributed by atoms with Gasteiger partial charge in [0.15, 0.2) is 0 Å². The first-order chi connectivity index (χ1) is 7.56. The lowest BCUT2D eigenvalue weighted by Gasteiger charge is -1.99. The summed E-state index contributed by atoms with van der Waals surface area (Å²) < 4.78 is 4.59. The molecule has 0 amide bonds. The van der Waals surface area contributed by atoms with Gasteiger partial charge in [0.25, 0.3) is 0 Å². The van der Waals surface area contributed by atoms with E-state index in [1.807, 2.05) is 6.92 Å². The number of ketones is 1. The molecule has 0 rings (SSSR count). The van der Waals surface area contributed by atoms with Crippen molar-refractivity contribution in [2.24, 2.45) is 0 Å². The molecule has 6 nitrogen and oxygen atoms in total. The molecular formula is C10H18NO5+. The molecule has 0 radical (unpaired) electrons. The van der Waals surface area contributed by atoms with Crippen molar-refractivity contribution in [1.29, 1.82) is 0 Å². The van der Waals surface area contributed by atoms with E-state index in [1.165, 1.54) is 6.92 Å². The van der Waals surface area contributed by atoms with Crippen LogP contribution < -0.4 is 0 Å². The van der Waals surface area contributed by atoms with Gasteiger partial charge in [-0.25, -0.2) is 0 Å². The van der Waals surface area contributed by atoms with Crippen molar-refractivity contribution < 1.29 is 24.1 Å². The SMILES string of the molecule is CCCC[N+](=O)OCOC(=O)CCC(C)=O. The Morgan fingerprint density at radius 1 is 1.25 bits per heavy atom. The molecule has 0 aliphatic rings. The maximum atomic E-state index is 11.0. The fourth-order valence-electron chi connectivity index (χ4n) is 0.853. The number of carbonyl (C=O) groups excluding carboxylic acids is 2. The summed E-state index contributed by atoms with van der Waals surface area (Å²) >= 11 is 0. The Morgan fingerprint density at radius 2 is 1.94 bits per heavy atom. The van der Waals surface area contributed by atoms with Crippen molar-refractivity contribution in [3.05, 3.63) is 4.91 Å². The van der Waals surface area contributed by atoms with Crippen LogP contribution in [-0.4, -0.2) is 30.0 Å². The lowest BCUT2D eigenvalue weighted by Crippen LogP contribution is -2.16. The molecule has 0 unspecified atom stereocenters. The first-order valence-corrected chi connectivity index (χ1v) is 5.29. The van der Waals surface area contributed by atoms with E-state index in [1.54, 1.807) is 0 Å². The number of esters is 1. The highest BCUT2D eigenvalue weighted by molar-refractivity contribution is 5.80. The van der Waals surface area contributed by atoms with E-state index in [2.05, 4.69) is 9.57 Å². The van der Waals surface area contributed by atoms with Gasteiger partial charge in [-0.3, -0.25) is 4.79 Å².